The highest BCUT2D eigenvalue weighted by Crippen LogP contribution is 2.50. The standard InChI is InChI=1S/C18H15BrFN/c19-12-5-1-4-11(10-12)17-14-7-2-6-13(14)15-8-3-9-16(20)18(15)21-17/h1-6,8-10,13-14,17,21H,7H2/t13-,14-,17-/m1/s1. The van der Waals surface area contributed by atoms with Gasteiger partial charge in [0.25, 0.3) is 0 Å². The lowest BCUT2D eigenvalue weighted by atomic mass is 9.77. The normalized spacial score (nSPS) is 26.1. The quantitative estimate of drug-likeness (QED) is 0.682. The molecule has 0 amide bonds. The van der Waals surface area contributed by atoms with Gasteiger partial charge in [0.15, 0.2) is 0 Å². The van der Waals surface area contributed by atoms with E-state index in [4.69, 9.17) is 0 Å². The van der Waals surface area contributed by atoms with Crippen LogP contribution in [0.5, 0.6) is 0 Å². The Balaban J connectivity index is 1.83. The van der Waals surface area contributed by atoms with E-state index >= 15 is 0 Å². The van der Waals surface area contributed by atoms with Crippen molar-refractivity contribution in [1.82, 2.24) is 0 Å². The SMILES string of the molecule is Fc1cccc2c1N[C@H](c1cccc(Br)c1)[C@@H]1CC=C[C@@H]21. The maximum atomic E-state index is 14.2. The number of hydrogen-bond acceptors (Lipinski definition) is 1. The molecule has 21 heavy (non-hydrogen) atoms. The Hall–Kier alpha value is -1.61. The lowest BCUT2D eigenvalue weighted by Gasteiger charge is -2.37. The molecule has 1 heterocycles. The maximum absolute atomic E-state index is 14.2. The molecule has 0 radical (unpaired) electrons. The minimum atomic E-state index is -0.161. The zero-order chi connectivity index (χ0) is 14.4. The molecule has 2 aromatic rings. The molecule has 0 unspecified atom stereocenters. The fourth-order valence-corrected chi connectivity index (χ4v) is 4.03. The van der Waals surface area contributed by atoms with E-state index in [1.807, 2.05) is 18.2 Å². The topological polar surface area (TPSA) is 12.0 Å². The van der Waals surface area contributed by atoms with Gasteiger partial charge in [-0.15, -0.1) is 0 Å². The van der Waals surface area contributed by atoms with Gasteiger partial charge in [0, 0.05) is 10.4 Å². The molecule has 0 saturated carbocycles. The third kappa shape index (κ3) is 2.11. The van der Waals surface area contributed by atoms with Crippen molar-refractivity contribution in [3.8, 4) is 0 Å². The highest BCUT2D eigenvalue weighted by atomic mass is 79.9. The Morgan fingerprint density at radius 2 is 2.00 bits per heavy atom. The number of benzene rings is 2. The van der Waals surface area contributed by atoms with Crippen molar-refractivity contribution in [2.45, 2.75) is 18.4 Å². The lowest BCUT2D eigenvalue weighted by Crippen LogP contribution is -2.29. The highest BCUT2D eigenvalue weighted by molar-refractivity contribution is 9.10. The van der Waals surface area contributed by atoms with Crippen molar-refractivity contribution in [1.29, 1.82) is 0 Å². The zero-order valence-electron chi connectivity index (χ0n) is 11.4. The average molecular weight is 344 g/mol. The summed E-state index contributed by atoms with van der Waals surface area (Å²) >= 11 is 3.53. The second-order valence-corrected chi connectivity index (χ2v) is 6.65. The minimum absolute atomic E-state index is 0.145. The van der Waals surface area contributed by atoms with Gasteiger partial charge in [0.05, 0.1) is 11.7 Å². The van der Waals surface area contributed by atoms with E-state index in [2.05, 4.69) is 45.5 Å². The highest BCUT2D eigenvalue weighted by Gasteiger charge is 2.38. The summed E-state index contributed by atoms with van der Waals surface area (Å²) in [6.07, 6.45) is 5.49. The first kappa shape index (κ1) is 13.1. The van der Waals surface area contributed by atoms with Crippen LogP contribution in [-0.4, -0.2) is 0 Å². The van der Waals surface area contributed by atoms with Crippen molar-refractivity contribution in [3.63, 3.8) is 0 Å². The predicted octanol–water partition coefficient (Wildman–Crippen LogP) is 5.41. The molecule has 1 aliphatic heterocycles. The van der Waals surface area contributed by atoms with Gasteiger partial charge in [-0.05, 0) is 41.7 Å². The number of hydrogen-bond donors (Lipinski definition) is 1. The molecule has 0 aromatic heterocycles. The summed E-state index contributed by atoms with van der Waals surface area (Å²) in [6, 6.07) is 13.8. The zero-order valence-corrected chi connectivity index (χ0v) is 13.0. The van der Waals surface area contributed by atoms with Crippen LogP contribution in [-0.2, 0) is 0 Å². The second kappa shape index (κ2) is 4.99. The van der Waals surface area contributed by atoms with Gasteiger partial charge in [-0.3, -0.25) is 0 Å². The Morgan fingerprint density at radius 1 is 1.14 bits per heavy atom. The van der Waals surface area contributed by atoms with Crippen LogP contribution in [0.3, 0.4) is 0 Å². The van der Waals surface area contributed by atoms with E-state index < -0.39 is 0 Å². The number of allylic oxidation sites excluding steroid dienone is 2. The molecule has 1 aliphatic carbocycles. The molecule has 0 fully saturated rings. The van der Waals surface area contributed by atoms with Gasteiger partial charge in [0.1, 0.15) is 5.82 Å². The van der Waals surface area contributed by atoms with E-state index in [9.17, 15) is 4.39 Å². The number of anilines is 1. The molecular weight excluding hydrogens is 329 g/mol. The number of halogens is 2. The summed E-state index contributed by atoms with van der Waals surface area (Å²) in [5.74, 6) is 0.598. The first-order chi connectivity index (χ1) is 10.2. The number of para-hydroxylation sites is 1. The smallest absolute Gasteiger partial charge is 0.146 e. The van der Waals surface area contributed by atoms with E-state index in [1.165, 1.54) is 11.6 Å². The molecule has 3 atom stereocenters. The van der Waals surface area contributed by atoms with Crippen LogP contribution in [0.1, 0.15) is 29.5 Å². The van der Waals surface area contributed by atoms with Crippen LogP contribution in [0, 0.1) is 11.7 Å². The summed E-state index contributed by atoms with van der Waals surface area (Å²) < 4.78 is 15.3. The maximum Gasteiger partial charge on any atom is 0.146 e. The van der Waals surface area contributed by atoms with Gasteiger partial charge in [-0.25, -0.2) is 4.39 Å². The molecule has 0 saturated heterocycles. The molecule has 0 spiro atoms. The molecule has 0 bridgehead atoms. The van der Waals surface area contributed by atoms with Crippen LogP contribution >= 0.6 is 15.9 Å². The van der Waals surface area contributed by atoms with Crippen LogP contribution in [0.15, 0.2) is 59.1 Å². The van der Waals surface area contributed by atoms with Gasteiger partial charge < -0.3 is 5.32 Å². The number of nitrogens with one attached hydrogen (secondary N) is 1. The Kier molecular flexibility index (Phi) is 3.11. The predicted molar refractivity (Wildman–Crippen MR) is 86.9 cm³/mol. The lowest BCUT2D eigenvalue weighted by molar-refractivity contribution is 0.420. The van der Waals surface area contributed by atoms with Crippen molar-refractivity contribution < 1.29 is 4.39 Å². The van der Waals surface area contributed by atoms with E-state index in [-0.39, 0.29) is 11.9 Å². The molecular formula is C18H15BrFN. The van der Waals surface area contributed by atoms with Crippen molar-refractivity contribution in [2.75, 3.05) is 5.32 Å². The van der Waals surface area contributed by atoms with Crippen molar-refractivity contribution in [3.05, 3.63) is 76.0 Å². The van der Waals surface area contributed by atoms with E-state index in [0.29, 0.717) is 17.5 Å². The monoisotopic (exact) mass is 343 g/mol. The third-order valence-corrected chi connectivity index (χ3v) is 5.05. The van der Waals surface area contributed by atoms with Crippen LogP contribution in [0.2, 0.25) is 0 Å². The Morgan fingerprint density at radius 3 is 2.86 bits per heavy atom. The second-order valence-electron chi connectivity index (χ2n) is 5.73. The average Bonchev–Trinajstić information content (AvgIpc) is 2.96. The molecule has 1 N–H and O–H groups in total. The molecule has 3 heteroatoms. The first-order valence-corrected chi connectivity index (χ1v) is 8.00. The summed E-state index contributed by atoms with van der Waals surface area (Å²) in [6.45, 7) is 0. The largest absolute Gasteiger partial charge is 0.375 e. The van der Waals surface area contributed by atoms with E-state index in [0.717, 1.165) is 16.5 Å². The van der Waals surface area contributed by atoms with Crippen LogP contribution in [0.4, 0.5) is 10.1 Å². The first-order valence-electron chi connectivity index (χ1n) is 7.21. The summed E-state index contributed by atoms with van der Waals surface area (Å²) in [7, 11) is 0. The van der Waals surface area contributed by atoms with Crippen LogP contribution in [0.25, 0.3) is 0 Å². The van der Waals surface area contributed by atoms with Gasteiger partial charge in [0.2, 0.25) is 0 Å². The fraction of sp³-hybridized carbons (Fsp3) is 0.222. The van der Waals surface area contributed by atoms with Crippen LogP contribution < -0.4 is 5.32 Å². The van der Waals surface area contributed by atoms with Crippen molar-refractivity contribution in [2.24, 2.45) is 5.92 Å². The number of rotatable bonds is 1. The Labute approximate surface area is 132 Å². The fourth-order valence-electron chi connectivity index (χ4n) is 3.61. The molecule has 4 rings (SSSR count). The summed E-state index contributed by atoms with van der Waals surface area (Å²) in [5.41, 5.74) is 2.95. The third-order valence-electron chi connectivity index (χ3n) is 4.55. The molecule has 2 aliphatic rings. The Bertz CT molecular complexity index is 725. The number of fused-ring (bicyclic) bond motifs is 3. The molecule has 106 valence electrons. The molecule has 2 aromatic carbocycles. The summed E-state index contributed by atoms with van der Waals surface area (Å²) in [4.78, 5) is 0. The van der Waals surface area contributed by atoms with E-state index in [1.54, 1.807) is 6.07 Å². The van der Waals surface area contributed by atoms with Crippen molar-refractivity contribution >= 4 is 21.6 Å². The van der Waals surface area contributed by atoms with Gasteiger partial charge >= 0.3 is 0 Å². The van der Waals surface area contributed by atoms with Gasteiger partial charge in [-0.1, -0.05) is 52.3 Å². The minimum Gasteiger partial charge on any atom is -0.375 e. The molecule has 1 nitrogen and oxygen atoms in total. The van der Waals surface area contributed by atoms with Gasteiger partial charge in [-0.2, -0.15) is 0 Å². The summed E-state index contributed by atoms with van der Waals surface area (Å²) in [5, 5.41) is 3.44.